The van der Waals surface area contributed by atoms with E-state index in [-0.39, 0.29) is 5.82 Å². The van der Waals surface area contributed by atoms with Gasteiger partial charge in [-0.15, -0.1) is 0 Å². The molecule has 0 aliphatic heterocycles. The Balaban J connectivity index is 2.10. The summed E-state index contributed by atoms with van der Waals surface area (Å²) in [5, 5.41) is 3.98. The van der Waals surface area contributed by atoms with Crippen LogP contribution in [0, 0.1) is 5.82 Å². The summed E-state index contributed by atoms with van der Waals surface area (Å²) in [6.45, 7) is 0. The Kier molecular flexibility index (Phi) is 1.96. The molecular weight excluding hydrogens is 207 g/mol. The first-order chi connectivity index (χ1) is 7.75. The molecule has 0 saturated heterocycles. The summed E-state index contributed by atoms with van der Waals surface area (Å²) in [5.74, 6) is 0.515. The second-order valence-corrected chi connectivity index (χ2v) is 4.09. The molecule has 16 heavy (non-hydrogen) atoms. The second-order valence-electron chi connectivity index (χ2n) is 4.09. The molecule has 3 rings (SSSR count). The van der Waals surface area contributed by atoms with E-state index in [0.717, 1.165) is 29.7 Å². The summed E-state index contributed by atoms with van der Waals surface area (Å²) in [6, 6.07) is 6.23. The van der Waals surface area contributed by atoms with Gasteiger partial charge in [0.05, 0.1) is 11.3 Å². The quantitative estimate of drug-likeness (QED) is 0.843. The van der Waals surface area contributed by atoms with E-state index in [9.17, 15) is 4.39 Å². The van der Waals surface area contributed by atoms with E-state index < -0.39 is 0 Å². The van der Waals surface area contributed by atoms with Crippen LogP contribution in [0.5, 0.6) is 0 Å². The fourth-order valence-electron chi connectivity index (χ4n) is 1.86. The van der Waals surface area contributed by atoms with Crippen LogP contribution in [0.25, 0.3) is 11.1 Å². The minimum Gasteiger partial charge on any atom is -0.367 e. The molecule has 82 valence electrons. The molecule has 2 N–H and O–H groups in total. The number of benzene rings is 1. The van der Waals surface area contributed by atoms with Gasteiger partial charge in [0.15, 0.2) is 0 Å². The van der Waals surface area contributed by atoms with Crippen molar-refractivity contribution in [1.82, 2.24) is 5.16 Å². The van der Waals surface area contributed by atoms with Crippen LogP contribution in [0.4, 0.5) is 10.3 Å². The fourth-order valence-corrected chi connectivity index (χ4v) is 1.86. The Bertz CT molecular complexity index is 514. The standard InChI is InChI=1S/C12H11FN2O/c13-9-5-3-7(4-6-9)10-11(8-1-2-8)15-16-12(10)14/h3-6,8H,1-2,14H2. The number of hydrogen-bond donors (Lipinski definition) is 1. The molecule has 0 atom stereocenters. The highest BCUT2D eigenvalue weighted by Gasteiger charge is 2.31. The highest BCUT2D eigenvalue weighted by Crippen LogP contribution is 2.45. The zero-order chi connectivity index (χ0) is 11.1. The van der Waals surface area contributed by atoms with E-state index in [4.69, 9.17) is 10.3 Å². The number of nitrogens with zero attached hydrogens (tertiary/aromatic N) is 1. The lowest BCUT2D eigenvalue weighted by molar-refractivity contribution is 0.428. The van der Waals surface area contributed by atoms with Gasteiger partial charge in [-0.1, -0.05) is 17.3 Å². The topological polar surface area (TPSA) is 52.0 Å². The van der Waals surface area contributed by atoms with Crippen molar-refractivity contribution < 1.29 is 8.91 Å². The van der Waals surface area contributed by atoms with Gasteiger partial charge in [-0.05, 0) is 30.5 Å². The van der Waals surface area contributed by atoms with Crippen LogP contribution in [0.15, 0.2) is 28.8 Å². The van der Waals surface area contributed by atoms with Gasteiger partial charge in [0, 0.05) is 5.92 Å². The Labute approximate surface area is 92.0 Å². The monoisotopic (exact) mass is 218 g/mol. The van der Waals surface area contributed by atoms with Gasteiger partial charge in [0.25, 0.3) is 0 Å². The maximum Gasteiger partial charge on any atom is 0.230 e. The molecule has 0 amide bonds. The van der Waals surface area contributed by atoms with E-state index >= 15 is 0 Å². The zero-order valence-electron chi connectivity index (χ0n) is 8.61. The molecule has 0 unspecified atom stereocenters. The molecule has 0 radical (unpaired) electrons. The Morgan fingerprint density at radius 2 is 1.94 bits per heavy atom. The predicted octanol–water partition coefficient (Wildman–Crippen LogP) is 2.94. The molecule has 1 fully saturated rings. The summed E-state index contributed by atoms with van der Waals surface area (Å²) in [4.78, 5) is 0. The molecular formula is C12H11FN2O. The lowest BCUT2D eigenvalue weighted by Gasteiger charge is -2.00. The summed E-state index contributed by atoms with van der Waals surface area (Å²) in [5.41, 5.74) is 8.35. The first-order valence-corrected chi connectivity index (χ1v) is 5.26. The molecule has 0 spiro atoms. The molecule has 3 nitrogen and oxygen atoms in total. The third kappa shape index (κ3) is 1.46. The van der Waals surface area contributed by atoms with Crippen LogP contribution >= 0.6 is 0 Å². The molecule has 1 aromatic carbocycles. The molecule has 2 aromatic rings. The summed E-state index contributed by atoms with van der Waals surface area (Å²) in [7, 11) is 0. The molecule has 1 aliphatic carbocycles. The van der Waals surface area contributed by atoms with E-state index in [1.54, 1.807) is 12.1 Å². The summed E-state index contributed by atoms with van der Waals surface area (Å²) >= 11 is 0. The molecule has 1 heterocycles. The predicted molar refractivity (Wildman–Crippen MR) is 58.3 cm³/mol. The van der Waals surface area contributed by atoms with Gasteiger partial charge in [0.2, 0.25) is 5.88 Å². The Morgan fingerprint density at radius 3 is 2.56 bits per heavy atom. The van der Waals surface area contributed by atoms with Crippen LogP contribution in [0.3, 0.4) is 0 Å². The Morgan fingerprint density at radius 1 is 1.25 bits per heavy atom. The van der Waals surface area contributed by atoms with Crippen molar-refractivity contribution in [2.75, 3.05) is 5.73 Å². The van der Waals surface area contributed by atoms with Crippen molar-refractivity contribution in [3.05, 3.63) is 35.8 Å². The normalized spacial score (nSPS) is 15.3. The van der Waals surface area contributed by atoms with Gasteiger partial charge in [-0.2, -0.15) is 0 Å². The van der Waals surface area contributed by atoms with Gasteiger partial charge >= 0.3 is 0 Å². The number of aromatic nitrogens is 1. The van der Waals surface area contributed by atoms with Crippen LogP contribution in [0.1, 0.15) is 24.5 Å². The van der Waals surface area contributed by atoms with Crippen LogP contribution < -0.4 is 5.73 Å². The van der Waals surface area contributed by atoms with Gasteiger partial charge in [-0.25, -0.2) is 4.39 Å². The number of anilines is 1. The maximum atomic E-state index is 12.8. The van der Waals surface area contributed by atoms with Crippen LogP contribution in [-0.2, 0) is 0 Å². The van der Waals surface area contributed by atoms with Gasteiger partial charge < -0.3 is 10.3 Å². The molecule has 1 saturated carbocycles. The lowest BCUT2D eigenvalue weighted by atomic mass is 10.0. The van der Waals surface area contributed by atoms with E-state index in [2.05, 4.69) is 5.16 Å². The average molecular weight is 218 g/mol. The van der Waals surface area contributed by atoms with Crippen molar-refractivity contribution >= 4 is 5.88 Å². The van der Waals surface area contributed by atoms with Crippen molar-refractivity contribution in [3.63, 3.8) is 0 Å². The molecule has 1 aliphatic rings. The van der Waals surface area contributed by atoms with E-state index in [0.29, 0.717) is 11.8 Å². The van der Waals surface area contributed by atoms with Gasteiger partial charge in [-0.3, -0.25) is 0 Å². The molecule has 0 bridgehead atoms. The Hall–Kier alpha value is -1.84. The van der Waals surface area contributed by atoms with Crippen molar-refractivity contribution in [1.29, 1.82) is 0 Å². The van der Waals surface area contributed by atoms with Crippen LogP contribution in [-0.4, -0.2) is 5.16 Å². The number of hydrogen-bond acceptors (Lipinski definition) is 3. The SMILES string of the molecule is Nc1onc(C2CC2)c1-c1ccc(F)cc1. The summed E-state index contributed by atoms with van der Waals surface area (Å²) < 4.78 is 17.8. The van der Waals surface area contributed by atoms with E-state index in [1.165, 1.54) is 12.1 Å². The average Bonchev–Trinajstić information content (AvgIpc) is 3.05. The third-order valence-electron chi connectivity index (χ3n) is 2.84. The summed E-state index contributed by atoms with van der Waals surface area (Å²) in [6.07, 6.45) is 2.25. The minimum atomic E-state index is -0.258. The number of nitrogens with two attached hydrogens (primary N) is 1. The van der Waals surface area contributed by atoms with Gasteiger partial charge in [0.1, 0.15) is 5.82 Å². The maximum absolute atomic E-state index is 12.8. The highest BCUT2D eigenvalue weighted by molar-refractivity contribution is 5.75. The van der Waals surface area contributed by atoms with E-state index in [1.807, 2.05) is 0 Å². The largest absolute Gasteiger partial charge is 0.367 e. The third-order valence-corrected chi connectivity index (χ3v) is 2.84. The van der Waals surface area contributed by atoms with Crippen LogP contribution in [0.2, 0.25) is 0 Å². The number of rotatable bonds is 2. The van der Waals surface area contributed by atoms with Crippen molar-refractivity contribution in [3.8, 4) is 11.1 Å². The first-order valence-electron chi connectivity index (χ1n) is 5.26. The minimum absolute atomic E-state index is 0.258. The molecule has 4 heteroatoms. The van der Waals surface area contributed by atoms with Crippen molar-refractivity contribution in [2.24, 2.45) is 0 Å². The number of halogens is 1. The number of nitrogen functional groups attached to an aromatic ring is 1. The fraction of sp³-hybridized carbons (Fsp3) is 0.250. The smallest absolute Gasteiger partial charge is 0.230 e. The molecule has 1 aromatic heterocycles. The van der Waals surface area contributed by atoms with Crippen molar-refractivity contribution in [2.45, 2.75) is 18.8 Å². The highest BCUT2D eigenvalue weighted by atomic mass is 19.1. The lowest BCUT2D eigenvalue weighted by Crippen LogP contribution is -1.89. The second kappa shape index (κ2) is 3.33. The first kappa shape index (κ1) is 9.39. The zero-order valence-corrected chi connectivity index (χ0v) is 8.61.